The van der Waals surface area contributed by atoms with E-state index in [-0.39, 0.29) is 15.3 Å². The molecule has 0 saturated heterocycles. The number of halogens is 4. The first kappa shape index (κ1) is 15.1. The number of anilines is 1. The van der Waals surface area contributed by atoms with Gasteiger partial charge in [-0.3, -0.25) is 4.72 Å². The summed E-state index contributed by atoms with van der Waals surface area (Å²) in [6.45, 7) is 0. The van der Waals surface area contributed by atoms with Crippen molar-refractivity contribution in [2.24, 2.45) is 0 Å². The van der Waals surface area contributed by atoms with E-state index in [1.165, 1.54) is 18.3 Å². The van der Waals surface area contributed by atoms with Gasteiger partial charge in [-0.1, -0.05) is 11.6 Å². The Morgan fingerprint density at radius 3 is 2.60 bits per heavy atom. The fourth-order valence-corrected chi connectivity index (χ4v) is 3.90. The molecule has 0 atom stereocenters. The smallest absolute Gasteiger partial charge is 0.266 e. The van der Waals surface area contributed by atoms with Crippen LogP contribution >= 0.6 is 27.5 Å². The molecule has 9 heteroatoms. The third-order valence-electron chi connectivity index (χ3n) is 2.24. The van der Waals surface area contributed by atoms with E-state index in [0.29, 0.717) is 6.07 Å². The highest BCUT2D eigenvalue weighted by Crippen LogP contribution is 2.29. The quantitative estimate of drug-likeness (QED) is 0.824. The van der Waals surface area contributed by atoms with Crippen LogP contribution < -0.4 is 4.72 Å². The summed E-state index contributed by atoms with van der Waals surface area (Å²) in [7, 11) is -4.28. The van der Waals surface area contributed by atoms with Crippen LogP contribution in [-0.4, -0.2) is 13.4 Å². The molecule has 0 aliphatic rings. The van der Waals surface area contributed by atoms with Gasteiger partial charge in [0.15, 0.2) is 5.15 Å². The first-order valence-corrected chi connectivity index (χ1v) is 7.74. The van der Waals surface area contributed by atoms with Crippen molar-refractivity contribution in [3.8, 4) is 0 Å². The maximum Gasteiger partial charge on any atom is 0.266 e. The Kier molecular flexibility index (Phi) is 4.26. The normalized spacial score (nSPS) is 11.4. The molecule has 2 aromatic rings. The second-order valence-electron chi connectivity index (χ2n) is 3.65. The molecule has 1 heterocycles. The molecule has 0 amide bonds. The zero-order valence-electron chi connectivity index (χ0n) is 9.57. The number of hydrogen-bond donors (Lipinski definition) is 1. The lowest BCUT2D eigenvalue weighted by atomic mass is 10.3. The lowest BCUT2D eigenvalue weighted by molar-refractivity contribution is 0.548. The van der Waals surface area contributed by atoms with Crippen LogP contribution in [0.2, 0.25) is 5.15 Å². The van der Waals surface area contributed by atoms with Crippen LogP contribution in [-0.2, 0) is 10.0 Å². The van der Waals surface area contributed by atoms with Crippen LogP contribution in [0, 0.1) is 11.6 Å². The minimum atomic E-state index is -4.28. The van der Waals surface area contributed by atoms with Crippen molar-refractivity contribution < 1.29 is 17.2 Å². The van der Waals surface area contributed by atoms with Gasteiger partial charge in [-0.2, -0.15) is 0 Å². The molecule has 0 fully saturated rings. The molecule has 0 radical (unpaired) electrons. The van der Waals surface area contributed by atoms with Gasteiger partial charge in [-0.15, -0.1) is 0 Å². The van der Waals surface area contributed by atoms with Gasteiger partial charge in [-0.25, -0.2) is 22.2 Å². The van der Waals surface area contributed by atoms with Gasteiger partial charge < -0.3 is 0 Å². The molecule has 0 bridgehead atoms. The Hall–Kier alpha value is -1.25. The maximum atomic E-state index is 13.7. The van der Waals surface area contributed by atoms with Crippen LogP contribution in [0.5, 0.6) is 0 Å². The number of hydrogen-bond acceptors (Lipinski definition) is 3. The van der Waals surface area contributed by atoms with Gasteiger partial charge in [-0.05, 0) is 34.1 Å². The zero-order chi connectivity index (χ0) is 14.9. The summed E-state index contributed by atoms with van der Waals surface area (Å²) in [6, 6.07) is 4.15. The lowest BCUT2D eigenvalue weighted by Crippen LogP contribution is -2.16. The van der Waals surface area contributed by atoms with E-state index in [2.05, 4.69) is 25.6 Å². The second-order valence-corrected chi connectivity index (χ2v) is 6.48. The minimum absolute atomic E-state index is 0.00945. The average Bonchev–Trinajstić information content (AvgIpc) is 2.30. The second kappa shape index (κ2) is 5.63. The highest BCUT2D eigenvalue weighted by atomic mass is 79.9. The zero-order valence-corrected chi connectivity index (χ0v) is 12.7. The molecule has 0 spiro atoms. The summed E-state index contributed by atoms with van der Waals surface area (Å²) in [4.78, 5) is 2.98. The van der Waals surface area contributed by atoms with E-state index >= 15 is 0 Å². The molecule has 0 aliphatic heterocycles. The molecule has 1 N–H and O–H groups in total. The SMILES string of the molecule is O=S(=O)(Nc1cccnc1Cl)c1c(F)cc(F)cc1Br. The molecule has 4 nitrogen and oxygen atoms in total. The van der Waals surface area contributed by atoms with Crippen molar-refractivity contribution in [1.82, 2.24) is 4.98 Å². The molecule has 20 heavy (non-hydrogen) atoms. The number of sulfonamides is 1. The molecule has 106 valence electrons. The van der Waals surface area contributed by atoms with Gasteiger partial charge in [0.25, 0.3) is 10.0 Å². The molecule has 0 saturated carbocycles. The first-order chi connectivity index (χ1) is 9.31. The monoisotopic (exact) mass is 382 g/mol. The minimum Gasteiger partial charge on any atom is -0.276 e. The number of aromatic nitrogens is 1. The van der Waals surface area contributed by atoms with Crippen molar-refractivity contribution in [3.63, 3.8) is 0 Å². The molecular weight excluding hydrogens is 378 g/mol. The van der Waals surface area contributed by atoms with Crippen LogP contribution in [0.15, 0.2) is 39.8 Å². The van der Waals surface area contributed by atoms with E-state index in [1.807, 2.05) is 0 Å². The topological polar surface area (TPSA) is 59.1 Å². The summed E-state index contributed by atoms with van der Waals surface area (Å²) in [5, 5.41) is -0.0882. The predicted molar refractivity (Wildman–Crippen MR) is 74.1 cm³/mol. The molecular formula is C11H6BrClF2N2O2S. The molecule has 0 aliphatic carbocycles. The van der Waals surface area contributed by atoms with E-state index in [9.17, 15) is 17.2 Å². The third-order valence-corrected chi connectivity index (χ3v) is 4.87. The van der Waals surface area contributed by atoms with Crippen molar-refractivity contribution >= 4 is 43.2 Å². The Bertz CT molecular complexity index is 748. The van der Waals surface area contributed by atoms with Crippen LogP contribution in [0.3, 0.4) is 0 Å². The molecule has 1 aromatic carbocycles. The number of nitrogens with zero attached hydrogens (tertiary/aromatic N) is 1. The fraction of sp³-hybridized carbons (Fsp3) is 0. The third kappa shape index (κ3) is 3.08. The fourth-order valence-electron chi connectivity index (χ4n) is 1.44. The summed E-state index contributed by atoms with van der Waals surface area (Å²) in [5.74, 6) is -2.11. The van der Waals surface area contributed by atoms with Crippen molar-refractivity contribution in [2.45, 2.75) is 4.90 Å². The largest absolute Gasteiger partial charge is 0.276 e. The number of benzene rings is 1. The first-order valence-electron chi connectivity index (χ1n) is 5.09. The highest BCUT2D eigenvalue weighted by Gasteiger charge is 2.24. The number of pyridine rings is 1. The van der Waals surface area contributed by atoms with Gasteiger partial charge in [0.05, 0.1) is 5.69 Å². The Balaban J connectivity index is 2.50. The standard InChI is InChI=1S/C11H6BrClF2N2O2S/c12-7-4-6(14)5-8(15)10(7)20(18,19)17-9-2-1-3-16-11(9)13/h1-5,17H. The van der Waals surface area contributed by atoms with Gasteiger partial charge in [0, 0.05) is 16.7 Å². The average molecular weight is 384 g/mol. The Morgan fingerprint density at radius 2 is 2.00 bits per heavy atom. The molecule has 0 unspecified atom stereocenters. The highest BCUT2D eigenvalue weighted by molar-refractivity contribution is 9.10. The number of nitrogens with one attached hydrogen (secondary N) is 1. The maximum absolute atomic E-state index is 13.7. The summed E-state index contributed by atoms with van der Waals surface area (Å²) in [5.41, 5.74) is -0.00945. The van der Waals surface area contributed by atoms with Gasteiger partial charge in [0.1, 0.15) is 16.5 Å². The van der Waals surface area contributed by atoms with E-state index in [0.717, 1.165) is 6.07 Å². The summed E-state index contributed by atoms with van der Waals surface area (Å²) in [6.07, 6.45) is 1.37. The Morgan fingerprint density at radius 1 is 1.30 bits per heavy atom. The van der Waals surface area contributed by atoms with Gasteiger partial charge in [0.2, 0.25) is 0 Å². The Labute approximate surface area is 127 Å². The van der Waals surface area contributed by atoms with Gasteiger partial charge >= 0.3 is 0 Å². The summed E-state index contributed by atoms with van der Waals surface area (Å²) < 4.78 is 52.7. The van der Waals surface area contributed by atoms with E-state index < -0.39 is 26.6 Å². The lowest BCUT2D eigenvalue weighted by Gasteiger charge is -2.11. The summed E-state index contributed by atoms with van der Waals surface area (Å²) >= 11 is 8.54. The number of rotatable bonds is 3. The van der Waals surface area contributed by atoms with Crippen LogP contribution in [0.4, 0.5) is 14.5 Å². The van der Waals surface area contributed by atoms with E-state index in [1.54, 1.807) is 0 Å². The predicted octanol–water partition coefficient (Wildman–Crippen LogP) is 3.58. The molecule has 1 aromatic heterocycles. The van der Waals surface area contributed by atoms with Crippen LogP contribution in [0.1, 0.15) is 0 Å². The van der Waals surface area contributed by atoms with E-state index in [4.69, 9.17) is 11.6 Å². The van der Waals surface area contributed by atoms with Crippen LogP contribution in [0.25, 0.3) is 0 Å². The van der Waals surface area contributed by atoms with Crippen molar-refractivity contribution in [1.29, 1.82) is 0 Å². The molecule has 2 rings (SSSR count). The van der Waals surface area contributed by atoms with Crippen molar-refractivity contribution in [3.05, 3.63) is 51.7 Å². The van der Waals surface area contributed by atoms with Crippen molar-refractivity contribution in [2.75, 3.05) is 4.72 Å².